The number of para-hydroxylation sites is 3. The number of hydrogen-bond acceptors (Lipinski definition) is 2. The van der Waals surface area contributed by atoms with Crippen LogP contribution in [-0.2, 0) is 0 Å². The van der Waals surface area contributed by atoms with Crippen molar-refractivity contribution in [3.05, 3.63) is 115 Å². The lowest BCUT2D eigenvalue weighted by atomic mass is 10.0. The topological polar surface area (TPSA) is 30.2 Å². The number of rotatable bonds is 2. The molecule has 3 heteroatoms. The summed E-state index contributed by atoms with van der Waals surface area (Å²) < 4.78 is 2.33. The Morgan fingerprint density at radius 3 is 2.12 bits per heavy atom. The first kappa shape index (κ1) is 18.1. The van der Waals surface area contributed by atoms with Crippen LogP contribution in [-0.4, -0.2) is 14.4 Å². The van der Waals surface area contributed by atoms with E-state index >= 15 is 0 Å². The van der Waals surface area contributed by atoms with Crippen LogP contribution in [0.5, 0.6) is 0 Å². The van der Waals surface area contributed by atoms with Gasteiger partial charge >= 0.3 is 0 Å². The summed E-state index contributed by atoms with van der Waals surface area (Å²) in [6, 6.07) is 38.3. The number of nitrogens with zero attached hydrogens (tertiary/aromatic N) is 3. The van der Waals surface area contributed by atoms with Crippen molar-refractivity contribution in [3.63, 3.8) is 0 Å². The highest BCUT2D eigenvalue weighted by atomic mass is 14.9. The Bertz CT molecular complexity index is 1810. The van der Waals surface area contributed by atoms with E-state index in [-0.39, 0.29) is 0 Å². The molecule has 0 radical (unpaired) electrons. The molecule has 4 aromatic carbocycles. The molecule has 7 aromatic rings. The van der Waals surface area contributed by atoms with E-state index in [4.69, 9.17) is 4.98 Å². The third-order valence-electron chi connectivity index (χ3n) is 6.40. The molecule has 3 aromatic heterocycles. The second kappa shape index (κ2) is 7.01. The van der Waals surface area contributed by atoms with Crippen molar-refractivity contribution in [1.82, 2.24) is 14.4 Å². The Balaban J connectivity index is 1.42. The van der Waals surface area contributed by atoms with Crippen LogP contribution in [0.1, 0.15) is 0 Å². The molecule has 0 amide bonds. The van der Waals surface area contributed by atoms with Gasteiger partial charge in [-0.1, -0.05) is 66.7 Å². The van der Waals surface area contributed by atoms with Crippen molar-refractivity contribution in [2.75, 3.05) is 0 Å². The molecule has 0 aliphatic heterocycles. The summed E-state index contributed by atoms with van der Waals surface area (Å²) in [4.78, 5) is 9.51. The van der Waals surface area contributed by atoms with E-state index in [1.807, 2.05) is 18.3 Å². The second-order valence-electron chi connectivity index (χ2n) is 8.36. The molecule has 7 rings (SSSR count). The molecule has 154 valence electrons. The van der Waals surface area contributed by atoms with Gasteiger partial charge in [-0.2, -0.15) is 0 Å². The van der Waals surface area contributed by atoms with Gasteiger partial charge in [0.25, 0.3) is 0 Å². The van der Waals surface area contributed by atoms with Crippen molar-refractivity contribution in [1.29, 1.82) is 0 Å². The van der Waals surface area contributed by atoms with Crippen molar-refractivity contribution in [2.45, 2.75) is 0 Å². The van der Waals surface area contributed by atoms with E-state index in [2.05, 4.69) is 106 Å². The fourth-order valence-corrected chi connectivity index (χ4v) is 4.80. The maximum absolute atomic E-state index is 5.08. The number of hydrogen-bond donors (Lipinski definition) is 0. The van der Waals surface area contributed by atoms with Crippen LogP contribution in [0.25, 0.3) is 60.7 Å². The summed E-state index contributed by atoms with van der Waals surface area (Å²) in [5.41, 5.74) is 9.94. The highest BCUT2D eigenvalue weighted by molar-refractivity contribution is 5.98. The van der Waals surface area contributed by atoms with Crippen LogP contribution in [0.15, 0.2) is 115 Å². The average molecular weight is 422 g/mol. The minimum Gasteiger partial charge on any atom is -0.306 e. The van der Waals surface area contributed by atoms with Gasteiger partial charge in [-0.15, -0.1) is 0 Å². The first-order valence-corrected chi connectivity index (χ1v) is 11.1. The number of aromatic nitrogens is 3. The highest BCUT2D eigenvalue weighted by Gasteiger charge is 2.14. The van der Waals surface area contributed by atoms with Gasteiger partial charge in [-0.3, -0.25) is 4.98 Å². The zero-order valence-corrected chi connectivity index (χ0v) is 17.8. The minimum absolute atomic E-state index is 0.993. The molecule has 3 heterocycles. The van der Waals surface area contributed by atoms with E-state index in [0.717, 1.165) is 38.7 Å². The third kappa shape index (κ3) is 2.83. The molecule has 33 heavy (non-hydrogen) atoms. The van der Waals surface area contributed by atoms with Crippen molar-refractivity contribution in [2.24, 2.45) is 0 Å². The summed E-state index contributed by atoms with van der Waals surface area (Å²) in [5, 5.41) is 2.37. The highest BCUT2D eigenvalue weighted by Crippen LogP contribution is 2.33. The van der Waals surface area contributed by atoms with E-state index < -0.39 is 0 Å². The van der Waals surface area contributed by atoms with Crippen LogP contribution in [0, 0.1) is 0 Å². The summed E-state index contributed by atoms with van der Waals surface area (Å²) in [7, 11) is 0. The van der Waals surface area contributed by atoms with Gasteiger partial charge in [0.15, 0.2) is 0 Å². The molecule has 0 aliphatic rings. The van der Waals surface area contributed by atoms with Gasteiger partial charge in [0.2, 0.25) is 0 Å². The summed E-state index contributed by atoms with van der Waals surface area (Å²) in [5.74, 6) is 0. The lowest BCUT2D eigenvalue weighted by molar-refractivity contribution is 1.27. The van der Waals surface area contributed by atoms with Gasteiger partial charge in [-0.25, -0.2) is 4.98 Å². The standard InChI is InChI=1S/C30H19N3/c1-3-9-27-24(6-1)19-29-30(32-26-8-2-4-10-28(26)33(27)29)21-13-11-20(12-14-21)22-15-16-25-23(18-22)7-5-17-31-25/h1-19H. The Morgan fingerprint density at radius 2 is 1.21 bits per heavy atom. The molecular formula is C30H19N3. The van der Waals surface area contributed by atoms with Crippen LogP contribution >= 0.6 is 0 Å². The normalized spacial score (nSPS) is 11.6. The average Bonchev–Trinajstić information content (AvgIpc) is 3.28. The van der Waals surface area contributed by atoms with Crippen LogP contribution < -0.4 is 0 Å². The molecule has 0 atom stereocenters. The van der Waals surface area contributed by atoms with Crippen molar-refractivity contribution < 1.29 is 0 Å². The van der Waals surface area contributed by atoms with Crippen LogP contribution in [0.4, 0.5) is 0 Å². The second-order valence-corrected chi connectivity index (χ2v) is 8.36. The van der Waals surface area contributed by atoms with Gasteiger partial charge in [-0.05, 0) is 53.6 Å². The maximum Gasteiger partial charge on any atom is 0.0950 e. The van der Waals surface area contributed by atoms with E-state index in [0.29, 0.717) is 0 Å². The number of benzene rings is 4. The Hall–Kier alpha value is -4.50. The predicted molar refractivity (Wildman–Crippen MR) is 136 cm³/mol. The zero-order chi connectivity index (χ0) is 21.8. The van der Waals surface area contributed by atoms with Gasteiger partial charge in [0.05, 0.1) is 33.3 Å². The molecule has 0 spiro atoms. The molecule has 0 bridgehead atoms. The molecule has 0 saturated carbocycles. The quantitative estimate of drug-likeness (QED) is 0.289. The molecule has 3 nitrogen and oxygen atoms in total. The van der Waals surface area contributed by atoms with E-state index in [1.165, 1.54) is 22.0 Å². The number of fused-ring (bicyclic) bond motifs is 6. The van der Waals surface area contributed by atoms with E-state index in [9.17, 15) is 0 Å². The molecule has 0 aliphatic carbocycles. The summed E-state index contributed by atoms with van der Waals surface area (Å²) in [6.45, 7) is 0. The zero-order valence-electron chi connectivity index (χ0n) is 17.8. The minimum atomic E-state index is 0.993. The van der Waals surface area contributed by atoms with Gasteiger partial charge in [0, 0.05) is 22.5 Å². The third-order valence-corrected chi connectivity index (χ3v) is 6.40. The lowest BCUT2D eigenvalue weighted by Gasteiger charge is -2.10. The van der Waals surface area contributed by atoms with Crippen LogP contribution in [0.3, 0.4) is 0 Å². The first-order valence-electron chi connectivity index (χ1n) is 11.1. The first-order chi connectivity index (χ1) is 16.3. The molecule has 0 unspecified atom stereocenters. The van der Waals surface area contributed by atoms with Crippen molar-refractivity contribution >= 4 is 38.4 Å². The molecule has 0 N–H and O–H groups in total. The SMILES string of the molecule is c1cnc2ccc(-c3ccc(-c4nc5ccccc5n5c4cc4ccccc45)cc3)cc2c1. The Morgan fingerprint density at radius 1 is 0.485 bits per heavy atom. The monoisotopic (exact) mass is 421 g/mol. The Labute approximate surface area is 190 Å². The smallest absolute Gasteiger partial charge is 0.0950 e. The molecule has 0 saturated heterocycles. The fraction of sp³-hybridized carbons (Fsp3) is 0. The lowest BCUT2D eigenvalue weighted by Crippen LogP contribution is -1.95. The number of pyridine rings is 1. The van der Waals surface area contributed by atoms with Crippen LogP contribution in [0.2, 0.25) is 0 Å². The van der Waals surface area contributed by atoms with E-state index in [1.54, 1.807) is 0 Å². The maximum atomic E-state index is 5.08. The van der Waals surface area contributed by atoms with Crippen molar-refractivity contribution in [3.8, 4) is 22.4 Å². The molecule has 0 fully saturated rings. The van der Waals surface area contributed by atoms with Gasteiger partial charge in [0.1, 0.15) is 0 Å². The molecular weight excluding hydrogens is 402 g/mol. The largest absolute Gasteiger partial charge is 0.306 e. The predicted octanol–water partition coefficient (Wildman–Crippen LogP) is 7.52. The Kier molecular flexibility index (Phi) is 3.84. The summed E-state index contributed by atoms with van der Waals surface area (Å²) >= 11 is 0. The van der Waals surface area contributed by atoms with Gasteiger partial charge < -0.3 is 4.40 Å². The fourth-order valence-electron chi connectivity index (χ4n) is 4.80. The summed E-state index contributed by atoms with van der Waals surface area (Å²) in [6.07, 6.45) is 1.83.